The van der Waals surface area contributed by atoms with Crippen molar-refractivity contribution in [2.75, 3.05) is 59.3 Å². The standard InChI is InChI=1S/C51H86N8O21/c1-25(2)41-31-32(44(78-41)51(5,6)7)46(69)59(45(31)68)15-10-8-9-14-57(30(61)12-11-29(60)54-13-17-72-19-21-74-48-33(52)37(64)35(62)26(3)76-48)23-28-24-58(56-55-28)16-18-73-20-22-75-50-40(67)39(66)42(43(80-50)47(70)71)79-49-34(53)38(65)36(63)27(4)77-49/h24-27,31-44,48-50,62-67H,8-23,52-53H2,1-7H3,(H,54,60)(H,70,71)/t26?,27?,31-,32+,33?,34?,35-,36-,37-,38-,39-,40?,41-,42+,43?,44-,48+,49-,50-/m1/s1. The van der Waals surface area contributed by atoms with E-state index in [1.807, 2.05) is 34.6 Å². The topological polar surface area (TPSA) is 411 Å². The van der Waals surface area contributed by atoms with Gasteiger partial charge in [-0.1, -0.05) is 39.8 Å². The van der Waals surface area contributed by atoms with Crippen LogP contribution in [0.2, 0.25) is 0 Å². The van der Waals surface area contributed by atoms with E-state index in [4.69, 9.17) is 54.1 Å². The minimum absolute atomic E-state index is 0.0472. The Kier molecular flexibility index (Phi) is 24.0. The number of aliphatic hydroxyl groups is 6. The number of ether oxygens (including phenoxy) is 9. The molecule has 6 rings (SSSR count). The fraction of sp³-hybridized carbons (Fsp3) is 0.863. The highest BCUT2D eigenvalue weighted by Gasteiger charge is 2.62. The molecule has 5 aliphatic heterocycles. The molecule has 0 radical (unpaired) electrons. The lowest BCUT2D eigenvalue weighted by molar-refractivity contribution is -0.337. The Hall–Kier alpha value is -3.99. The maximum absolute atomic E-state index is 13.8. The van der Waals surface area contributed by atoms with E-state index in [1.165, 1.54) is 16.5 Å². The van der Waals surface area contributed by atoms with Crippen LogP contribution in [0.4, 0.5) is 0 Å². The van der Waals surface area contributed by atoms with E-state index >= 15 is 0 Å². The minimum Gasteiger partial charge on any atom is -0.479 e. The predicted octanol–water partition coefficient (Wildman–Crippen LogP) is -3.69. The Morgan fingerprint density at radius 1 is 0.738 bits per heavy atom. The first kappa shape index (κ1) is 65.2. The summed E-state index contributed by atoms with van der Waals surface area (Å²) < 4.78 is 52.2. The highest BCUT2D eigenvalue weighted by atomic mass is 16.7. The Labute approximate surface area is 464 Å². The zero-order valence-electron chi connectivity index (χ0n) is 46.7. The Balaban J connectivity index is 0.949. The molecule has 456 valence electrons. The Morgan fingerprint density at radius 3 is 1.99 bits per heavy atom. The van der Waals surface area contributed by atoms with E-state index in [1.54, 1.807) is 18.0 Å². The van der Waals surface area contributed by atoms with E-state index < -0.39 is 110 Å². The number of carbonyl (C=O) groups is 5. The highest BCUT2D eigenvalue weighted by molar-refractivity contribution is 6.06. The molecule has 0 aromatic carbocycles. The summed E-state index contributed by atoms with van der Waals surface area (Å²) in [5.41, 5.74) is 11.9. The maximum atomic E-state index is 13.8. The molecule has 5 saturated heterocycles. The van der Waals surface area contributed by atoms with Crippen LogP contribution < -0.4 is 16.8 Å². The third-order valence-corrected chi connectivity index (χ3v) is 15.1. The summed E-state index contributed by atoms with van der Waals surface area (Å²) in [5.74, 6) is -3.68. The number of aliphatic carboxylic acids is 1. The first-order chi connectivity index (χ1) is 37.8. The van der Waals surface area contributed by atoms with E-state index in [9.17, 15) is 59.7 Å². The maximum Gasteiger partial charge on any atom is 0.335 e. The number of fused-ring (bicyclic) bond motifs is 1. The zero-order chi connectivity index (χ0) is 58.7. The molecule has 0 spiro atoms. The number of carboxylic acids is 1. The molecule has 4 amide bonds. The van der Waals surface area contributed by atoms with Crippen LogP contribution in [0.25, 0.3) is 0 Å². The van der Waals surface area contributed by atoms with Gasteiger partial charge in [-0.25, -0.2) is 9.48 Å². The number of carbonyl (C=O) groups excluding carboxylic acids is 4. The number of unbranched alkanes of at least 4 members (excludes halogenated alkanes) is 2. The van der Waals surface area contributed by atoms with Crippen molar-refractivity contribution in [3.63, 3.8) is 0 Å². The summed E-state index contributed by atoms with van der Waals surface area (Å²) in [7, 11) is 0. The van der Waals surface area contributed by atoms with Crippen LogP contribution in [-0.2, 0) is 79.7 Å². The Bertz CT molecular complexity index is 2170. The van der Waals surface area contributed by atoms with Crippen molar-refractivity contribution in [3.8, 4) is 0 Å². The number of carboxylic acid groups (broad SMARTS) is 1. The van der Waals surface area contributed by atoms with Crippen molar-refractivity contribution in [2.24, 2.45) is 34.6 Å². The van der Waals surface area contributed by atoms with Gasteiger partial charge >= 0.3 is 5.97 Å². The normalized spacial score (nSPS) is 34.8. The summed E-state index contributed by atoms with van der Waals surface area (Å²) in [6.45, 7) is 14.2. The molecule has 5 aliphatic rings. The lowest BCUT2D eigenvalue weighted by atomic mass is 9.77. The number of hydrogen-bond acceptors (Lipinski definition) is 24. The lowest BCUT2D eigenvalue weighted by Crippen LogP contribution is -2.66. The van der Waals surface area contributed by atoms with Crippen molar-refractivity contribution in [1.82, 2.24) is 30.1 Å². The molecule has 6 unspecified atom stereocenters. The number of nitrogens with one attached hydrogen (secondary N) is 1. The molecule has 29 nitrogen and oxygen atoms in total. The molecule has 12 N–H and O–H groups in total. The number of nitrogens with zero attached hydrogens (tertiary/aromatic N) is 5. The minimum atomic E-state index is -1.86. The van der Waals surface area contributed by atoms with Gasteiger partial charge in [0.15, 0.2) is 25.0 Å². The molecule has 5 fully saturated rings. The second-order valence-corrected chi connectivity index (χ2v) is 22.6. The van der Waals surface area contributed by atoms with Gasteiger partial charge in [-0.05, 0) is 44.4 Å². The molecular weight excluding hydrogens is 1060 g/mol. The fourth-order valence-corrected chi connectivity index (χ4v) is 10.5. The second kappa shape index (κ2) is 29.5. The smallest absolute Gasteiger partial charge is 0.335 e. The van der Waals surface area contributed by atoms with Gasteiger partial charge in [-0.3, -0.25) is 24.1 Å². The lowest BCUT2D eigenvalue weighted by Gasteiger charge is -2.45. The number of amides is 4. The van der Waals surface area contributed by atoms with Crippen molar-refractivity contribution < 1.29 is 102 Å². The molecule has 0 aliphatic carbocycles. The van der Waals surface area contributed by atoms with Crippen molar-refractivity contribution >= 4 is 29.6 Å². The van der Waals surface area contributed by atoms with E-state index in [0.717, 1.165) is 0 Å². The fourth-order valence-electron chi connectivity index (χ4n) is 10.5. The van der Waals surface area contributed by atoms with Crippen LogP contribution in [0, 0.1) is 23.2 Å². The van der Waals surface area contributed by atoms with Crippen molar-refractivity contribution in [1.29, 1.82) is 0 Å². The second-order valence-electron chi connectivity index (χ2n) is 22.6. The van der Waals surface area contributed by atoms with Crippen LogP contribution in [-0.4, -0.2) is 254 Å². The summed E-state index contributed by atoms with van der Waals surface area (Å²) in [6, 6.07) is -2.26. The first-order valence-corrected chi connectivity index (χ1v) is 27.6. The average molecular weight is 1150 g/mol. The summed E-state index contributed by atoms with van der Waals surface area (Å²) >= 11 is 0. The highest BCUT2D eigenvalue weighted by Crippen LogP contribution is 2.48. The number of hydrogen-bond donors (Lipinski definition) is 10. The van der Waals surface area contributed by atoms with Crippen LogP contribution in [0.15, 0.2) is 6.20 Å². The van der Waals surface area contributed by atoms with Crippen molar-refractivity contribution in [3.05, 3.63) is 11.9 Å². The molecular formula is C51H86N8O21. The van der Waals surface area contributed by atoms with Crippen LogP contribution >= 0.6 is 0 Å². The van der Waals surface area contributed by atoms with Crippen LogP contribution in [0.3, 0.4) is 0 Å². The summed E-state index contributed by atoms with van der Waals surface area (Å²) in [6.07, 6.45) is -15.7. The van der Waals surface area contributed by atoms with Gasteiger partial charge in [-0.2, -0.15) is 0 Å². The first-order valence-electron chi connectivity index (χ1n) is 27.6. The summed E-state index contributed by atoms with van der Waals surface area (Å²) in [4.78, 5) is 69.2. The third kappa shape index (κ3) is 16.4. The third-order valence-electron chi connectivity index (χ3n) is 15.1. The van der Waals surface area contributed by atoms with Crippen molar-refractivity contribution in [2.45, 2.75) is 198 Å². The molecule has 29 heteroatoms. The molecule has 19 atom stereocenters. The zero-order valence-corrected chi connectivity index (χ0v) is 46.7. The molecule has 1 aromatic heterocycles. The van der Waals surface area contributed by atoms with Crippen LogP contribution in [0.5, 0.6) is 0 Å². The van der Waals surface area contributed by atoms with Gasteiger partial charge in [0, 0.05) is 32.5 Å². The predicted molar refractivity (Wildman–Crippen MR) is 274 cm³/mol. The van der Waals surface area contributed by atoms with Gasteiger partial charge < -0.3 is 100 Å². The van der Waals surface area contributed by atoms with E-state index in [-0.39, 0.29) is 132 Å². The number of nitrogens with two attached hydrogens (primary N) is 2. The SMILES string of the molecule is CC1O[C@H](O[C@@H]2C(C(=O)O)O[C@@H](OCCOCCn3cc(CN(CCCCCN4C(=O)[C@@H]5[C@H](C4=O)[C@H](C(C)(C)C)O[C@@H]5C(C)C)C(=O)CCC(=O)NCCOCCO[C@H]4OC(C)[C@@H](O)[C@H](O)C4N)nn3)C(O)[C@H]2O)C(N)[C@@H](O)[C@@H]1O. The van der Waals surface area contributed by atoms with Gasteiger partial charge in [0.25, 0.3) is 0 Å². The van der Waals surface area contributed by atoms with Gasteiger partial charge in [0.2, 0.25) is 23.6 Å². The number of aliphatic hydroxyl groups excluding tert-OH is 6. The molecule has 80 heavy (non-hydrogen) atoms. The number of rotatable bonds is 29. The number of imide groups is 1. The molecule has 0 bridgehead atoms. The molecule has 1 aromatic rings. The summed E-state index contributed by atoms with van der Waals surface area (Å²) in [5, 5.41) is 83.0. The number of aromatic nitrogens is 3. The van der Waals surface area contributed by atoms with Gasteiger partial charge in [-0.15, -0.1) is 5.10 Å². The van der Waals surface area contributed by atoms with E-state index in [2.05, 4.69) is 15.6 Å². The Morgan fingerprint density at radius 2 is 1.35 bits per heavy atom. The molecule has 0 saturated carbocycles. The quantitative estimate of drug-likeness (QED) is 0.0273. The van der Waals surface area contributed by atoms with E-state index in [0.29, 0.717) is 25.0 Å². The number of likely N-dealkylation sites (tertiary alicyclic amines) is 1. The van der Waals surface area contributed by atoms with Gasteiger partial charge in [0.1, 0.15) is 48.4 Å². The monoisotopic (exact) mass is 1150 g/mol. The largest absolute Gasteiger partial charge is 0.479 e. The molecule has 6 heterocycles. The van der Waals surface area contributed by atoms with Crippen LogP contribution in [0.1, 0.15) is 86.3 Å². The van der Waals surface area contributed by atoms with Gasteiger partial charge in [0.05, 0.1) is 107 Å². The average Bonchev–Trinajstić information content (AvgIpc) is 4.17.